The smallest absolute Gasteiger partial charge is 0.190 e. The van der Waals surface area contributed by atoms with Crippen LogP contribution in [0.1, 0.15) is 16.3 Å². The number of nitrogens with one attached hydrogen (secondary N) is 2. The lowest BCUT2D eigenvalue weighted by molar-refractivity contribution is 0.626. The molecule has 0 aliphatic rings. The van der Waals surface area contributed by atoms with Gasteiger partial charge in [0, 0.05) is 42.5 Å². The maximum Gasteiger partial charge on any atom is 0.190 e. The molecule has 0 unspecified atom stereocenters. The second-order valence-electron chi connectivity index (χ2n) is 5.20. The van der Waals surface area contributed by atoms with E-state index in [4.69, 9.17) is 0 Å². The van der Waals surface area contributed by atoms with E-state index in [2.05, 4.69) is 27.5 Å². The third-order valence-electron chi connectivity index (χ3n) is 3.22. The number of halogens is 2. The summed E-state index contributed by atoms with van der Waals surface area (Å²) >= 11 is 3.46. The number of hydrogen-bond acceptors (Lipinski definition) is 4. The maximum absolute atomic E-state index is 12.8. The van der Waals surface area contributed by atoms with Crippen LogP contribution in [0.5, 0.6) is 0 Å². The molecule has 0 saturated carbocycles. The minimum atomic E-state index is -0.191. The highest BCUT2D eigenvalue weighted by atomic mass is 127. The Labute approximate surface area is 174 Å². The highest BCUT2D eigenvalue weighted by molar-refractivity contribution is 14.0. The average molecular weight is 494 g/mol. The molecule has 0 atom stereocenters. The van der Waals surface area contributed by atoms with Gasteiger partial charge < -0.3 is 10.6 Å². The summed E-state index contributed by atoms with van der Waals surface area (Å²) in [5.74, 6) is 1.60. The maximum atomic E-state index is 12.8. The zero-order valence-corrected chi connectivity index (χ0v) is 18.4. The van der Waals surface area contributed by atoms with Gasteiger partial charge in [0.1, 0.15) is 5.82 Å². The molecule has 0 saturated heterocycles. The van der Waals surface area contributed by atoms with Gasteiger partial charge >= 0.3 is 0 Å². The van der Waals surface area contributed by atoms with E-state index in [0.717, 1.165) is 47.5 Å². The van der Waals surface area contributed by atoms with Crippen LogP contribution in [0.2, 0.25) is 0 Å². The first kappa shape index (κ1) is 22.2. The van der Waals surface area contributed by atoms with Gasteiger partial charge in [-0.15, -0.1) is 47.1 Å². The van der Waals surface area contributed by atoms with E-state index in [0.29, 0.717) is 0 Å². The number of aliphatic imine (C=N–C) groups is 1. The van der Waals surface area contributed by atoms with Crippen molar-refractivity contribution in [3.63, 3.8) is 0 Å². The lowest BCUT2D eigenvalue weighted by Gasteiger charge is -2.11. The van der Waals surface area contributed by atoms with E-state index >= 15 is 0 Å². The van der Waals surface area contributed by atoms with E-state index in [1.165, 1.54) is 17.0 Å². The van der Waals surface area contributed by atoms with E-state index < -0.39 is 0 Å². The Balaban J connectivity index is 0.00000312. The molecule has 0 radical (unpaired) electrons. The summed E-state index contributed by atoms with van der Waals surface area (Å²) in [5.41, 5.74) is 0. The summed E-state index contributed by atoms with van der Waals surface area (Å²) in [4.78, 5) is 10.9. The summed E-state index contributed by atoms with van der Waals surface area (Å²) in [6.45, 7) is 3.74. The quantitative estimate of drug-likeness (QED) is 0.191. The molecular formula is C17H24FIN4S2. The molecule has 0 aliphatic carbocycles. The first-order valence-electron chi connectivity index (χ1n) is 7.91. The Hall–Kier alpha value is -0.870. The van der Waals surface area contributed by atoms with E-state index in [-0.39, 0.29) is 29.8 Å². The minimum absolute atomic E-state index is 0. The van der Waals surface area contributed by atoms with Gasteiger partial charge in [0.05, 0.1) is 5.01 Å². The number of guanidine groups is 1. The van der Waals surface area contributed by atoms with Crippen LogP contribution in [-0.2, 0) is 6.42 Å². The van der Waals surface area contributed by atoms with Crippen molar-refractivity contribution >= 4 is 53.0 Å². The van der Waals surface area contributed by atoms with Crippen LogP contribution in [0.3, 0.4) is 0 Å². The van der Waals surface area contributed by atoms with Crippen molar-refractivity contribution < 1.29 is 4.39 Å². The van der Waals surface area contributed by atoms with Crippen molar-refractivity contribution in [2.45, 2.75) is 24.7 Å². The third-order valence-corrected chi connectivity index (χ3v) is 5.29. The zero-order valence-electron chi connectivity index (χ0n) is 14.4. The second-order valence-corrected chi connectivity index (χ2v) is 7.68. The molecule has 4 nitrogen and oxygen atoms in total. The first-order valence-corrected chi connectivity index (χ1v) is 9.72. The lowest BCUT2D eigenvalue weighted by Crippen LogP contribution is -2.38. The molecular weight excluding hydrogens is 470 g/mol. The topological polar surface area (TPSA) is 49.3 Å². The van der Waals surface area contributed by atoms with Crippen molar-refractivity contribution in [1.82, 2.24) is 15.6 Å². The van der Waals surface area contributed by atoms with Crippen molar-refractivity contribution in [3.05, 3.63) is 46.2 Å². The fraction of sp³-hybridized carbons (Fsp3) is 0.412. The van der Waals surface area contributed by atoms with Gasteiger partial charge in [-0.25, -0.2) is 9.37 Å². The van der Waals surface area contributed by atoms with Gasteiger partial charge in [0.2, 0.25) is 0 Å². The van der Waals surface area contributed by atoms with Gasteiger partial charge in [0.15, 0.2) is 5.96 Å². The molecule has 0 amide bonds. The summed E-state index contributed by atoms with van der Waals surface area (Å²) in [5, 5.41) is 7.75. The average Bonchev–Trinajstić information content (AvgIpc) is 3.00. The van der Waals surface area contributed by atoms with Crippen molar-refractivity contribution in [2.75, 3.05) is 25.9 Å². The first-order chi connectivity index (χ1) is 11.7. The Morgan fingerprint density at radius 1 is 1.24 bits per heavy atom. The van der Waals surface area contributed by atoms with Crippen LogP contribution in [-0.4, -0.2) is 36.8 Å². The molecule has 2 N–H and O–H groups in total. The Morgan fingerprint density at radius 2 is 1.96 bits per heavy atom. The number of aromatic nitrogens is 1. The summed E-state index contributed by atoms with van der Waals surface area (Å²) in [7, 11) is 1.77. The molecule has 0 spiro atoms. The van der Waals surface area contributed by atoms with E-state index in [9.17, 15) is 4.39 Å². The van der Waals surface area contributed by atoms with Gasteiger partial charge in [-0.1, -0.05) is 0 Å². The van der Waals surface area contributed by atoms with Crippen molar-refractivity contribution in [3.8, 4) is 0 Å². The molecule has 1 aromatic carbocycles. The fourth-order valence-electron chi connectivity index (χ4n) is 2.03. The van der Waals surface area contributed by atoms with E-state index in [1.54, 1.807) is 30.1 Å². The highest BCUT2D eigenvalue weighted by Crippen LogP contribution is 2.18. The molecule has 138 valence electrons. The Bertz CT molecular complexity index is 646. The molecule has 0 fully saturated rings. The van der Waals surface area contributed by atoms with Gasteiger partial charge in [-0.05, 0) is 43.4 Å². The van der Waals surface area contributed by atoms with Crippen LogP contribution in [0, 0.1) is 12.7 Å². The lowest BCUT2D eigenvalue weighted by atomic mass is 10.4. The summed E-state index contributed by atoms with van der Waals surface area (Å²) in [6.07, 6.45) is 3.82. The Morgan fingerprint density at radius 3 is 2.60 bits per heavy atom. The molecule has 1 heterocycles. The molecule has 1 aromatic heterocycles. The minimum Gasteiger partial charge on any atom is -0.356 e. The fourth-order valence-corrected chi connectivity index (χ4v) is 3.66. The number of thiazole rings is 1. The number of aryl methyl sites for hydroxylation is 1. The van der Waals surface area contributed by atoms with Crippen LogP contribution in [0.15, 0.2) is 40.4 Å². The standard InChI is InChI=1S/C17H23FN4S2.HI/c1-13-12-22-16(24-13)8-10-21-17(19-2)20-9-3-11-23-15-6-4-14(18)5-7-15;/h4-7,12H,3,8-11H2,1-2H3,(H2,19,20,21);1H. The van der Waals surface area contributed by atoms with Crippen molar-refractivity contribution in [2.24, 2.45) is 4.99 Å². The zero-order chi connectivity index (χ0) is 17.2. The Kier molecular flexibility index (Phi) is 11.1. The predicted molar refractivity (Wildman–Crippen MR) is 117 cm³/mol. The third kappa shape index (κ3) is 8.87. The van der Waals surface area contributed by atoms with Crippen LogP contribution < -0.4 is 10.6 Å². The molecule has 2 rings (SSSR count). The monoisotopic (exact) mass is 494 g/mol. The normalized spacial score (nSPS) is 11.1. The second kappa shape index (κ2) is 12.5. The summed E-state index contributed by atoms with van der Waals surface area (Å²) < 4.78 is 12.8. The molecule has 0 aliphatic heterocycles. The van der Waals surface area contributed by atoms with Crippen LogP contribution in [0.4, 0.5) is 4.39 Å². The largest absolute Gasteiger partial charge is 0.356 e. The van der Waals surface area contributed by atoms with Gasteiger partial charge in [-0.2, -0.15) is 0 Å². The van der Waals surface area contributed by atoms with Gasteiger partial charge in [-0.3, -0.25) is 4.99 Å². The highest BCUT2D eigenvalue weighted by Gasteiger charge is 2.01. The van der Waals surface area contributed by atoms with Crippen LogP contribution in [0.25, 0.3) is 0 Å². The summed E-state index contributed by atoms with van der Waals surface area (Å²) in [6, 6.07) is 6.62. The number of thioether (sulfide) groups is 1. The predicted octanol–water partition coefficient (Wildman–Crippen LogP) is 4.10. The van der Waals surface area contributed by atoms with E-state index in [1.807, 2.05) is 18.3 Å². The SMILES string of the molecule is CN=C(NCCCSc1ccc(F)cc1)NCCc1ncc(C)s1.I. The number of nitrogens with zero attached hydrogens (tertiary/aromatic N) is 2. The molecule has 2 aromatic rings. The molecule has 25 heavy (non-hydrogen) atoms. The van der Waals surface area contributed by atoms with Crippen LogP contribution >= 0.6 is 47.1 Å². The number of hydrogen-bond donors (Lipinski definition) is 2. The van der Waals surface area contributed by atoms with Gasteiger partial charge in [0.25, 0.3) is 0 Å². The molecule has 8 heteroatoms. The number of rotatable bonds is 8. The number of benzene rings is 1. The molecule has 0 bridgehead atoms. The van der Waals surface area contributed by atoms with Crippen molar-refractivity contribution in [1.29, 1.82) is 0 Å².